The molecule has 0 unspecified atom stereocenters. The van der Waals surface area contributed by atoms with E-state index < -0.39 is 10.0 Å². The highest BCUT2D eigenvalue weighted by atomic mass is 32.2. The molecule has 0 saturated heterocycles. The predicted octanol–water partition coefficient (Wildman–Crippen LogP) is 1.85. The first kappa shape index (κ1) is 16.9. The van der Waals surface area contributed by atoms with E-state index in [0.29, 0.717) is 5.75 Å². The molecule has 122 valence electrons. The van der Waals surface area contributed by atoms with Gasteiger partial charge < -0.3 is 14.8 Å². The fourth-order valence-corrected chi connectivity index (χ4v) is 2.61. The van der Waals surface area contributed by atoms with Gasteiger partial charge in [0.1, 0.15) is 16.4 Å². The quantitative estimate of drug-likeness (QED) is 0.812. The molecule has 0 saturated carbocycles. The first-order chi connectivity index (χ1) is 10.8. The normalized spacial score (nSPS) is 11.1. The Bertz CT molecular complexity index is 804. The van der Waals surface area contributed by atoms with Crippen LogP contribution in [0.25, 0.3) is 0 Å². The first-order valence-corrected chi connectivity index (χ1v) is 8.08. The number of para-hydroxylation sites is 1. The van der Waals surface area contributed by atoms with Gasteiger partial charge in [0.15, 0.2) is 0 Å². The highest BCUT2D eigenvalue weighted by molar-refractivity contribution is 7.89. The van der Waals surface area contributed by atoms with E-state index in [1.165, 1.54) is 21.9 Å². The molecule has 1 amide bonds. The summed E-state index contributed by atoms with van der Waals surface area (Å²) in [5.74, 6) is 0.0484. The Morgan fingerprint density at radius 2 is 1.78 bits per heavy atom. The highest BCUT2D eigenvalue weighted by Crippen LogP contribution is 2.29. The number of sulfonamides is 1. The largest absolute Gasteiger partial charge is 0.456 e. The van der Waals surface area contributed by atoms with Crippen LogP contribution < -0.4 is 9.62 Å². The molecule has 2 aromatic carbocycles. The van der Waals surface area contributed by atoms with Crippen molar-refractivity contribution in [2.24, 2.45) is 0 Å². The molecule has 2 N–H and O–H groups in total. The molecule has 23 heavy (non-hydrogen) atoms. The smallest absolute Gasteiger partial charge is 0.265 e. The van der Waals surface area contributed by atoms with E-state index >= 15 is 0 Å². The maximum Gasteiger partial charge on any atom is 0.265 e. The zero-order valence-electron chi connectivity index (χ0n) is 12.6. The molecular formula is C15H16N2O5S. The van der Waals surface area contributed by atoms with E-state index in [4.69, 9.17) is 9.94 Å². The van der Waals surface area contributed by atoms with E-state index in [9.17, 15) is 13.2 Å². The number of rotatable bonds is 5. The molecule has 0 fully saturated rings. The lowest BCUT2D eigenvalue weighted by atomic mass is 10.2. The molecule has 0 atom stereocenters. The minimum atomic E-state index is -4.22. The Labute approximate surface area is 134 Å². The zero-order valence-corrected chi connectivity index (χ0v) is 13.4. The van der Waals surface area contributed by atoms with Gasteiger partial charge in [0.2, 0.25) is 0 Å². The van der Waals surface area contributed by atoms with Crippen molar-refractivity contribution in [1.82, 2.24) is 9.79 Å². The van der Waals surface area contributed by atoms with Gasteiger partial charge in [0.25, 0.3) is 15.9 Å². The molecule has 0 radical (unpaired) electrons. The Hall–Kier alpha value is -2.42. The minimum Gasteiger partial charge on any atom is -0.456 e. The lowest BCUT2D eigenvalue weighted by Crippen LogP contribution is -2.24. The fourth-order valence-electron chi connectivity index (χ4n) is 1.86. The molecule has 7 nitrogen and oxygen atoms in total. The van der Waals surface area contributed by atoms with Crippen molar-refractivity contribution in [2.75, 3.05) is 14.1 Å². The predicted molar refractivity (Wildman–Crippen MR) is 83.1 cm³/mol. The number of nitrogens with zero attached hydrogens (tertiary/aromatic N) is 1. The molecular weight excluding hydrogens is 320 g/mol. The summed E-state index contributed by atoms with van der Waals surface area (Å²) in [6.45, 7) is 0. The van der Waals surface area contributed by atoms with Crippen LogP contribution in [0.1, 0.15) is 10.4 Å². The third kappa shape index (κ3) is 3.86. The van der Waals surface area contributed by atoms with Crippen molar-refractivity contribution < 1.29 is 23.2 Å². The van der Waals surface area contributed by atoms with Crippen molar-refractivity contribution in [3.8, 4) is 11.5 Å². The Balaban J connectivity index is 2.52. The number of amides is 1. The number of nitrogens with one attached hydrogen (secondary N) is 1. The SMILES string of the molecule is CN(C)C(=O)c1ccc(Oc2ccccc2)c(S(=O)(=O)NO)c1. The number of hydrogen-bond acceptors (Lipinski definition) is 5. The molecule has 0 heterocycles. The van der Waals surface area contributed by atoms with Crippen LogP contribution in [0, 0.1) is 0 Å². The molecule has 2 rings (SSSR count). The standard InChI is InChI=1S/C15H16N2O5S/c1-17(2)15(18)11-8-9-13(14(10-11)23(20,21)16-19)22-12-6-4-3-5-7-12/h3-10,16,19H,1-2H3. The summed E-state index contributed by atoms with van der Waals surface area (Å²) in [7, 11) is -1.12. The van der Waals surface area contributed by atoms with Crippen LogP contribution in [0.4, 0.5) is 0 Å². The van der Waals surface area contributed by atoms with Crippen molar-refractivity contribution in [3.05, 3.63) is 54.1 Å². The molecule has 0 spiro atoms. The molecule has 0 bridgehead atoms. The third-order valence-corrected chi connectivity index (χ3v) is 4.12. The van der Waals surface area contributed by atoms with E-state index in [-0.39, 0.29) is 22.1 Å². The second kappa shape index (κ2) is 6.78. The van der Waals surface area contributed by atoms with Crippen LogP contribution in [-0.4, -0.2) is 38.5 Å². The van der Waals surface area contributed by atoms with Gasteiger partial charge in [-0.1, -0.05) is 23.1 Å². The van der Waals surface area contributed by atoms with Crippen LogP contribution in [0.5, 0.6) is 11.5 Å². The average molecular weight is 336 g/mol. The number of ether oxygens (including phenoxy) is 1. The van der Waals surface area contributed by atoms with Gasteiger partial charge in [-0.25, -0.2) is 8.42 Å². The van der Waals surface area contributed by atoms with Gasteiger partial charge in [0, 0.05) is 19.7 Å². The zero-order chi connectivity index (χ0) is 17.0. The van der Waals surface area contributed by atoms with Gasteiger partial charge in [-0.2, -0.15) is 0 Å². The van der Waals surface area contributed by atoms with Crippen molar-refractivity contribution in [1.29, 1.82) is 0 Å². The fraction of sp³-hybridized carbons (Fsp3) is 0.133. The topological polar surface area (TPSA) is 95.9 Å². The summed E-state index contributed by atoms with van der Waals surface area (Å²) in [4.78, 5) is 14.2. The van der Waals surface area contributed by atoms with Crippen molar-refractivity contribution in [2.45, 2.75) is 4.90 Å². The number of carbonyl (C=O) groups is 1. The Kier molecular flexibility index (Phi) is 4.99. The lowest BCUT2D eigenvalue weighted by molar-refractivity contribution is 0.0827. The van der Waals surface area contributed by atoms with E-state index in [0.717, 1.165) is 6.07 Å². The highest BCUT2D eigenvalue weighted by Gasteiger charge is 2.22. The summed E-state index contributed by atoms with van der Waals surface area (Å²) >= 11 is 0. The maximum absolute atomic E-state index is 12.0. The second-order valence-electron chi connectivity index (χ2n) is 4.87. The Morgan fingerprint density at radius 1 is 1.13 bits per heavy atom. The molecule has 0 aliphatic carbocycles. The van der Waals surface area contributed by atoms with Gasteiger partial charge in [-0.3, -0.25) is 4.79 Å². The van der Waals surface area contributed by atoms with Crippen LogP contribution in [0.15, 0.2) is 53.4 Å². The van der Waals surface area contributed by atoms with Crippen LogP contribution in [0.3, 0.4) is 0 Å². The van der Waals surface area contributed by atoms with E-state index in [2.05, 4.69) is 0 Å². The van der Waals surface area contributed by atoms with E-state index in [1.54, 1.807) is 44.4 Å². The first-order valence-electron chi connectivity index (χ1n) is 6.59. The second-order valence-corrected chi connectivity index (χ2v) is 6.50. The third-order valence-electron chi connectivity index (χ3n) is 2.98. The molecule has 0 aromatic heterocycles. The van der Waals surface area contributed by atoms with Crippen LogP contribution >= 0.6 is 0 Å². The number of benzene rings is 2. The summed E-state index contributed by atoms with van der Waals surface area (Å²) in [6.07, 6.45) is 0. The molecule has 0 aliphatic heterocycles. The van der Waals surface area contributed by atoms with Crippen LogP contribution in [0.2, 0.25) is 0 Å². The monoisotopic (exact) mass is 336 g/mol. The lowest BCUT2D eigenvalue weighted by Gasteiger charge is -2.14. The molecule has 0 aliphatic rings. The molecule has 8 heteroatoms. The van der Waals surface area contributed by atoms with Crippen LogP contribution in [-0.2, 0) is 10.0 Å². The summed E-state index contributed by atoms with van der Waals surface area (Å²) < 4.78 is 29.5. The number of carbonyl (C=O) groups excluding carboxylic acids is 1. The summed E-state index contributed by atoms with van der Waals surface area (Å²) in [6, 6.07) is 12.5. The minimum absolute atomic E-state index is 0.00643. The van der Waals surface area contributed by atoms with E-state index in [1.807, 2.05) is 0 Å². The van der Waals surface area contributed by atoms with Gasteiger partial charge >= 0.3 is 0 Å². The van der Waals surface area contributed by atoms with Gasteiger partial charge in [-0.05, 0) is 30.3 Å². The van der Waals surface area contributed by atoms with Gasteiger partial charge in [-0.15, -0.1) is 0 Å². The van der Waals surface area contributed by atoms with Gasteiger partial charge in [0.05, 0.1) is 0 Å². The number of hydrogen-bond donors (Lipinski definition) is 2. The average Bonchev–Trinajstić information content (AvgIpc) is 2.55. The summed E-state index contributed by atoms with van der Waals surface area (Å²) in [5, 5.41) is 8.89. The Morgan fingerprint density at radius 3 is 2.35 bits per heavy atom. The maximum atomic E-state index is 12.0. The summed E-state index contributed by atoms with van der Waals surface area (Å²) in [5.41, 5.74) is 0.157. The van der Waals surface area contributed by atoms with Crippen molar-refractivity contribution >= 4 is 15.9 Å². The van der Waals surface area contributed by atoms with Crippen molar-refractivity contribution in [3.63, 3.8) is 0 Å². The molecule has 2 aromatic rings.